The molecule has 0 spiro atoms. The number of anilines is 1. The Bertz CT molecular complexity index is 851. The smallest absolute Gasteiger partial charge is 0.209 e. The van der Waals surface area contributed by atoms with Gasteiger partial charge in [-0.2, -0.15) is 0 Å². The van der Waals surface area contributed by atoms with Crippen LogP contribution in [0.25, 0.3) is 10.6 Å². The largest absolute Gasteiger partial charge is 0.339 e. The second kappa shape index (κ2) is 6.57. The van der Waals surface area contributed by atoms with E-state index in [2.05, 4.69) is 42.1 Å². The molecule has 1 fully saturated rings. The Morgan fingerprint density at radius 2 is 2.12 bits per heavy atom. The predicted octanol–water partition coefficient (Wildman–Crippen LogP) is 4.67. The molecule has 122 valence electrons. The van der Waals surface area contributed by atoms with Crippen LogP contribution < -0.4 is 4.90 Å². The molecule has 24 heavy (non-hydrogen) atoms. The molecule has 1 aromatic carbocycles. The van der Waals surface area contributed by atoms with E-state index in [0.717, 1.165) is 34.6 Å². The van der Waals surface area contributed by atoms with Crippen molar-refractivity contribution in [1.82, 2.24) is 15.2 Å². The minimum absolute atomic E-state index is 0.286. The highest BCUT2D eigenvalue weighted by molar-refractivity contribution is 9.10. The van der Waals surface area contributed by atoms with Gasteiger partial charge in [-0.25, -0.2) is 4.39 Å². The van der Waals surface area contributed by atoms with Crippen molar-refractivity contribution < 1.29 is 4.39 Å². The minimum Gasteiger partial charge on any atom is -0.339 e. The first kappa shape index (κ1) is 15.7. The molecule has 3 aromatic rings. The monoisotopic (exact) mass is 404 g/mol. The van der Waals surface area contributed by atoms with Gasteiger partial charge in [0.25, 0.3) is 0 Å². The fourth-order valence-corrected chi connectivity index (χ4v) is 3.82. The summed E-state index contributed by atoms with van der Waals surface area (Å²) in [6, 6.07) is 9.33. The Morgan fingerprint density at radius 3 is 2.88 bits per heavy atom. The maximum Gasteiger partial charge on any atom is 0.209 e. The Kier molecular flexibility index (Phi) is 4.28. The molecule has 0 amide bonds. The number of benzene rings is 1. The highest BCUT2D eigenvalue weighted by atomic mass is 79.9. The quantitative estimate of drug-likeness (QED) is 0.619. The van der Waals surface area contributed by atoms with Crippen molar-refractivity contribution in [2.45, 2.75) is 25.4 Å². The van der Waals surface area contributed by atoms with Crippen LogP contribution in [-0.4, -0.2) is 21.2 Å². The van der Waals surface area contributed by atoms with Crippen LogP contribution in [0.5, 0.6) is 0 Å². The number of pyridine rings is 1. The molecule has 0 atom stereocenters. The molecule has 0 N–H and O–H groups in total. The van der Waals surface area contributed by atoms with E-state index in [-0.39, 0.29) is 5.82 Å². The van der Waals surface area contributed by atoms with Crippen LogP contribution in [0.2, 0.25) is 0 Å². The Morgan fingerprint density at radius 1 is 1.25 bits per heavy atom. The third-order valence-electron chi connectivity index (χ3n) is 3.88. The lowest BCUT2D eigenvalue weighted by atomic mass is 10.2. The first-order valence-electron chi connectivity index (χ1n) is 7.65. The van der Waals surface area contributed by atoms with Gasteiger partial charge in [-0.3, -0.25) is 4.98 Å². The molecular formula is C17H14BrFN4S. The van der Waals surface area contributed by atoms with Crippen molar-refractivity contribution in [1.29, 1.82) is 0 Å². The molecule has 2 heterocycles. The average molecular weight is 405 g/mol. The second-order valence-electron chi connectivity index (χ2n) is 5.73. The molecule has 1 aliphatic carbocycles. The molecule has 7 heteroatoms. The van der Waals surface area contributed by atoms with Gasteiger partial charge >= 0.3 is 0 Å². The van der Waals surface area contributed by atoms with Crippen molar-refractivity contribution in [3.8, 4) is 10.6 Å². The minimum atomic E-state index is -0.286. The van der Waals surface area contributed by atoms with Gasteiger partial charge in [0.2, 0.25) is 5.13 Å². The molecule has 4 rings (SSSR count). The number of nitrogens with zero attached hydrogens (tertiary/aromatic N) is 4. The van der Waals surface area contributed by atoms with Gasteiger partial charge in [0.05, 0.1) is 0 Å². The number of halogens is 2. The standard InChI is InChI=1S/C17H14BrFN4S/c18-12-3-6-15(19)14(8-12)16-21-22-17(24-16)23(13-4-5-13)10-11-2-1-7-20-9-11/h1-3,6-9,13H,4-5,10H2. The summed E-state index contributed by atoms with van der Waals surface area (Å²) in [6.45, 7) is 0.744. The van der Waals surface area contributed by atoms with Gasteiger partial charge in [-0.05, 0) is 42.7 Å². The molecule has 0 aliphatic heterocycles. The first-order chi connectivity index (χ1) is 11.7. The summed E-state index contributed by atoms with van der Waals surface area (Å²) < 4.78 is 14.9. The maximum absolute atomic E-state index is 14.1. The molecule has 0 unspecified atom stereocenters. The molecule has 0 radical (unpaired) electrons. The summed E-state index contributed by atoms with van der Waals surface area (Å²) in [5.74, 6) is -0.286. The van der Waals surface area contributed by atoms with E-state index in [9.17, 15) is 4.39 Å². The highest BCUT2D eigenvalue weighted by Gasteiger charge is 2.31. The van der Waals surface area contributed by atoms with E-state index < -0.39 is 0 Å². The van der Waals surface area contributed by atoms with E-state index >= 15 is 0 Å². The molecule has 0 bridgehead atoms. The van der Waals surface area contributed by atoms with Crippen LogP contribution in [0, 0.1) is 5.82 Å². The molecule has 2 aromatic heterocycles. The van der Waals surface area contributed by atoms with E-state index in [1.165, 1.54) is 17.4 Å². The van der Waals surface area contributed by atoms with Crippen molar-refractivity contribution in [2.75, 3.05) is 4.90 Å². The van der Waals surface area contributed by atoms with Gasteiger partial charge < -0.3 is 4.90 Å². The highest BCUT2D eigenvalue weighted by Crippen LogP contribution is 2.37. The topological polar surface area (TPSA) is 41.9 Å². The fraction of sp³-hybridized carbons (Fsp3) is 0.235. The van der Waals surface area contributed by atoms with Gasteiger partial charge in [-0.1, -0.05) is 33.3 Å². The van der Waals surface area contributed by atoms with E-state index in [1.807, 2.05) is 12.3 Å². The fourth-order valence-electron chi connectivity index (χ4n) is 2.53. The summed E-state index contributed by atoms with van der Waals surface area (Å²) >= 11 is 4.81. The van der Waals surface area contributed by atoms with Crippen LogP contribution in [0.3, 0.4) is 0 Å². The summed E-state index contributed by atoms with van der Waals surface area (Å²) in [5.41, 5.74) is 1.61. The lowest BCUT2D eigenvalue weighted by molar-refractivity contribution is 0.630. The molecule has 0 saturated heterocycles. The van der Waals surface area contributed by atoms with Gasteiger partial charge in [0, 0.05) is 35.0 Å². The molecule has 1 saturated carbocycles. The zero-order valence-electron chi connectivity index (χ0n) is 12.7. The third-order valence-corrected chi connectivity index (χ3v) is 5.37. The van der Waals surface area contributed by atoms with Crippen molar-refractivity contribution in [3.05, 3.63) is 58.6 Å². The normalized spacial score (nSPS) is 13.9. The predicted molar refractivity (Wildman–Crippen MR) is 96.4 cm³/mol. The van der Waals surface area contributed by atoms with Crippen LogP contribution in [0.1, 0.15) is 18.4 Å². The van der Waals surface area contributed by atoms with Crippen LogP contribution in [-0.2, 0) is 6.54 Å². The zero-order chi connectivity index (χ0) is 16.5. The first-order valence-corrected chi connectivity index (χ1v) is 9.26. The third kappa shape index (κ3) is 3.32. The summed E-state index contributed by atoms with van der Waals surface area (Å²) in [6.07, 6.45) is 5.94. The summed E-state index contributed by atoms with van der Waals surface area (Å²) in [4.78, 5) is 6.42. The van der Waals surface area contributed by atoms with Crippen molar-refractivity contribution in [2.24, 2.45) is 0 Å². The van der Waals surface area contributed by atoms with E-state index in [0.29, 0.717) is 16.6 Å². The SMILES string of the molecule is Fc1ccc(Br)cc1-c1nnc(N(Cc2cccnc2)C2CC2)s1. The Hall–Kier alpha value is -1.86. The van der Waals surface area contributed by atoms with Crippen LogP contribution in [0.4, 0.5) is 9.52 Å². The number of hydrogen-bond donors (Lipinski definition) is 0. The molecule has 1 aliphatic rings. The Balaban J connectivity index is 1.63. The molecule has 4 nitrogen and oxygen atoms in total. The van der Waals surface area contributed by atoms with Gasteiger partial charge in [0.15, 0.2) is 5.01 Å². The second-order valence-corrected chi connectivity index (χ2v) is 7.61. The lowest BCUT2D eigenvalue weighted by Gasteiger charge is -2.20. The van der Waals surface area contributed by atoms with Crippen LogP contribution >= 0.6 is 27.3 Å². The molecular weight excluding hydrogens is 391 g/mol. The summed E-state index contributed by atoms with van der Waals surface area (Å²) in [5, 5.41) is 9.95. The lowest BCUT2D eigenvalue weighted by Crippen LogP contribution is -2.24. The number of rotatable bonds is 5. The summed E-state index contributed by atoms with van der Waals surface area (Å²) in [7, 11) is 0. The van der Waals surface area contributed by atoms with Crippen molar-refractivity contribution >= 4 is 32.4 Å². The number of aromatic nitrogens is 3. The van der Waals surface area contributed by atoms with Gasteiger partial charge in [-0.15, -0.1) is 10.2 Å². The van der Waals surface area contributed by atoms with Gasteiger partial charge in [0.1, 0.15) is 5.82 Å². The van der Waals surface area contributed by atoms with E-state index in [1.54, 1.807) is 18.3 Å². The van der Waals surface area contributed by atoms with Crippen LogP contribution in [0.15, 0.2) is 47.2 Å². The maximum atomic E-state index is 14.1. The zero-order valence-corrected chi connectivity index (χ0v) is 15.1. The Labute approximate surface area is 151 Å². The average Bonchev–Trinajstić information content (AvgIpc) is 3.32. The van der Waals surface area contributed by atoms with E-state index in [4.69, 9.17) is 0 Å². The number of hydrogen-bond acceptors (Lipinski definition) is 5. The van der Waals surface area contributed by atoms with Crippen molar-refractivity contribution in [3.63, 3.8) is 0 Å².